The van der Waals surface area contributed by atoms with Crippen molar-refractivity contribution in [2.45, 2.75) is 77.6 Å². The van der Waals surface area contributed by atoms with Crippen LogP contribution in [-0.4, -0.2) is 11.8 Å². The molecule has 1 N–H and O–H groups in total. The summed E-state index contributed by atoms with van der Waals surface area (Å²) < 4.78 is 39.0. The molecule has 0 amide bonds. The molecule has 3 rings (SSSR count). The number of rotatable bonds is 6. The summed E-state index contributed by atoms with van der Waals surface area (Å²) in [7, 11) is 0. The Morgan fingerprint density at radius 3 is 2.29 bits per heavy atom. The van der Waals surface area contributed by atoms with E-state index in [1.54, 1.807) is 6.92 Å². The molecule has 0 radical (unpaired) electrons. The number of benzene rings is 2. The van der Waals surface area contributed by atoms with E-state index in [0.717, 1.165) is 60.1 Å². The molecular weight excluding hydrogens is 399 g/mol. The Bertz CT molecular complexity index is 902. The van der Waals surface area contributed by atoms with Crippen molar-refractivity contribution in [3.05, 3.63) is 59.2 Å². The number of hydrogen-bond acceptors (Lipinski definition) is 2. The topological polar surface area (TPSA) is 29.1 Å². The van der Waals surface area contributed by atoms with E-state index in [2.05, 4.69) is 38.2 Å². The minimum absolute atomic E-state index is 0.120. The Morgan fingerprint density at radius 2 is 1.74 bits per heavy atom. The van der Waals surface area contributed by atoms with Gasteiger partial charge in [-0.15, -0.1) is 0 Å². The van der Waals surface area contributed by atoms with Gasteiger partial charge < -0.3 is 5.32 Å². The Kier molecular flexibility index (Phi) is 7.25. The molecular formula is C26H32F3NO. The van der Waals surface area contributed by atoms with Gasteiger partial charge in [-0.2, -0.15) is 13.2 Å². The van der Waals surface area contributed by atoms with Crippen molar-refractivity contribution in [2.24, 2.45) is 5.92 Å². The van der Waals surface area contributed by atoms with Crippen molar-refractivity contribution in [1.29, 1.82) is 0 Å². The molecule has 0 spiro atoms. The first-order chi connectivity index (χ1) is 14.5. The highest BCUT2D eigenvalue weighted by Gasteiger charge is 2.30. The maximum absolute atomic E-state index is 13.0. The van der Waals surface area contributed by atoms with Crippen molar-refractivity contribution in [1.82, 2.24) is 5.32 Å². The molecule has 3 atom stereocenters. The minimum atomic E-state index is -4.36. The summed E-state index contributed by atoms with van der Waals surface area (Å²) in [6.07, 6.45) is -0.342. The Morgan fingerprint density at radius 1 is 1.06 bits per heavy atom. The summed E-state index contributed by atoms with van der Waals surface area (Å²) in [5.74, 6) is 0.267. The minimum Gasteiger partial charge on any atom is -0.307 e. The van der Waals surface area contributed by atoms with Crippen molar-refractivity contribution >= 4 is 5.78 Å². The number of hydrogen-bond donors (Lipinski definition) is 1. The SMILES string of the molecule is CC(=O)C(CC(C)C)c1cc(-c2ccc(C(F)(F)F)cc2)cc(C2CCCC(C)N2)c1. The highest BCUT2D eigenvalue weighted by Crippen LogP contribution is 2.36. The maximum Gasteiger partial charge on any atom is 0.416 e. The van der Waals surface area contributed by atoms with Gasteiger partial charge in [-0.3, -0.25) is 4.79 Å². The third-order valence-electron chi connectivity index (χ3n) is 6.14. The van der Waals surface area contributed by atoms with Gasteiger partial charge in [-0.05, 0) is 79.5 Å². The first-order valence-corrected chi connectivity index (χ1v) is 11.1. The number of Topliss-reactive ketones (excluding diaryl/α,β-unsaturated/α-hetero) is 1. The normalized spacial score (nSPS) is 20.6. The summed E-state index contributed by atoms with van der Waals surface area (Å²) in [6, 6.07) is 12.1. The van der Waals surface area contributed by atoms with Gasteiger partial charge in [0.25, 0.3) is 0 Å². The molecule has 1 aliphatic heterocycles. The molecule has 2 nitrogen and oxygen atoms in total. The third kappa shape index (κ3) is 5.97. The summed E-state index contributed by atoms with van der Waals surface area (Å²) in [6.45, 7) is 7.99. The first-order valence-electron chi connectivity index (χ1n) is 11.1. The monoisotopic (exact) mass is 431 g/mol. The van der Waals surface area contributed by atoms with E-state index in [0.29, 0.717) is 12.0 Å². The van der Waals surface area contributed by atoms with Crippen molar-refractivity contribution in [3.63, 3.8) is 0 Å². The van der Waals surface area contributed by atoms with Gasteiger partial charge in [0.05, 0.1) is 5.56 Å². The second-order valence-electron chi connectivity index (χ2n) is 9.31. The Labute approximate surface area is 183 Å². The summed E-state index contributed by atoms with van der Waals surface area (Å²) in [5, 5.41) is 3.64. The van der Waals surface area contributed by atoms with Crippen LogP contribution in [-0.2, 0) is 11.0 Å². The van der Waals surface area contributed by atoms with Crippen molar-refractivity contribution in [2.75, 3.05) is 0 Å². The lowest BCUT2D eigenvalue weighted by Crippen LogP contribution is -2.34. The third-order valence-corrected chi connectivity index (χ3v) is 6.14. The fraction of sp³-hybridized carbons (Fsp3) is 0.500. The van der Waals surface area contributed by atoms with Gasteiger partial charge in [0.15, 0.2) is 0 Å². The van der Waals surface area contributed by atoms with E-state index in [1.807, 2.05) is 6.07 Å². The van der Waals surface area contributed by atoms with Gasteiger partial charge in [0.2, 0.25) is 0 Å². The van der Waals surface area contributed by atoms with E-state index >= 15 is 0 Å². The molecule has 2 aromatic rings. The van der Waals surface area contributed by atoms with Gasteiger partial charge in [0.1, 0.15) is 5.78 Å². The summed E-state index contributed by atoms with van der Waals surface area (Å²) >= 11 is 0. The highest BCUT2D eigenvalue weighted by molar-refractivity contribution is 5.84. The van der Waals surface area contributed by atoms with E-state index in [9.17, 15) is 18.0 Å². The van der Waals surface area contributed by atoms with Crippen LogP contribution in [0.25, 0.3) is 11.1 Å². The lowest BCUT2D eigenvalue weighted by molar-refractivity contribution is -0.137. The van der Waals surface area contributed by atoms with Gasteiger partial charge >= 0.3 is 6.18 Å². The highest BCUT2D eigenvalue weighted by atomic mass is 19.4. The average molecular weight is 432 g/mol. The fourth-order valence-corrected chi connectivity index (χ4v) is 4.51. The van der Waals surface area contributed by atoms with Crippen LogP contribution >= 0.6 is 0 Å². The molecule has 31 heavy (non-hydrogen) atoms. The number of halogens is 3. The van der Waals surface area contributed by atoms with Crippen molar-refractivity contribution in [3.8, 4) is 11.1 Å². The largest absolute Gasteiger partial charge is 0.416 e. The number of carbonyl (C=O) groups is 1. The molecule has 168 valence electrons. The molecule has 0 bridgehead atoms. The van der Waals surface area contributed by atoms with E-state index in [4.69, 9.17) is 0 Å². The predicted octanol–water partition coefficient (Wildman–Crippen LogP) is 7.29. The summed E-state index contributed by atoms with van der Waals surface area (Å²) in [4.78, 5) is 12.5. The van der Waals surface area contributed by atoms with Gasteiger partial charge in [-0.25, -0.2) is 0 Å². The van der Waals surface area contributed by atoms with Crippen molar-refractivity contribution < 1.29 is 18.0 Å². The smallest absolute Gasteiger partial charge is 0.307 e. The molecule has 2 aromatic carbocycles. The second-order valence-corrected chi connectivity index (χ2v) is 9.31. The van der Waals surface area contributed by atoms with Crippen LogP contribution < -0.4 is 5.32 Å². The van der Waals surface area contributed by atoms with Crippen LogP contribution in [0.5, 0.6) is 0 Å². The second kappa shape index (κ2) is 9.56. The molecule has 0 aliphatic carbocycles. The standard InChI is InChI=1S/C26H32F3NO/c1-16(2)12-24(18(4)31)21-13-20(19-8-10-23(11-9-19)26(27,28)29)14-22(15-21)25-7-5-6-17(3)30-25/h8-11,13-17,24-25,30H,5-7,12H2,1-4H3. The van der Waals surface area contributed by atoms with E-state index < -0.39 is 11.7 Å². The van der Waals surface area contributed by atoms with Crippen LogP contribution in [0.3, 0.4) is 0 Å². The number of piperidine rings is 1. The van der Waals surface area contributed by atoms with E-state index in [-0.39, 0.29) is 17.7 Å². The predicted molar refractivity (Wildman–Crippen MR) is 119 cm³/mol. The number of nitrogens with one attached hydrogen (secondary N) is 1. The van der Waals surface area contributed by atoms with E-state index in [1.165, 1.54) is 12.1 Å². The lowest BCUT2D eigenvalue weighted by atomic mass is 9.83. The quantitative estimate of drug-likeness (QED) is 0.520. The molecule has 1 fully saturated rings. The number of carbonyl (C=O) groups excluding carboxylic acids is 1. The zero-order chi connectivity index (χ0) is 22.8. The Balaban J connectivity index is 2.07. The molecule has 1 heterocycles. The number of alkyl halides is 3. The van der Waals surface area contributed by atoms with Crippen LogP contribution in [0, 0.1) is 5.92 Å². The Hall–Kier alpha value is -2.14. The molecule has 0 aromatic heterocycles. The van der Waals surface area contributed by atoms with Crippen LogP contribution in [0.2, 0.25) is 0 Å². The summed E-state index contributed by atoms with van der Waals surface area (Å²) in [5.41, 5.74) is 2.99. The van der Waals surface area contributed by atoms with Gasteiger partial charge in [0, 0.05) is 18.0 Å². The lowest BCUT2D eigenvalue weighted by Gasteiger charge is -2.30. The molecule has 0 saturated carbocycles. The van der Waals surface area contributed by atoms with Gasteiger partial charge in [-0.1, -0.05) is 44.5 Å². The number of ketones is 1. The first kappa shape index (κ1) is 23.5. The van der Waals surface area contributed by atoms with Crippen LogP contribution in [0.4, 0.5) is 13.2 Å². The molecule has 5 heteroatoms. The van der Waals surface area contributed by atoms with Crippen LogP contribution in [0.15, 0.2) is 42.5 Å². The molecule has 1 saturated heterocycles. The average Bonchev–Trinajstić information content (AvgIpc) is 2.71. The zero-order valence-corrected chi connectivity index (χ0v) is 18.7. The maximum atomic E-state index is 13.0. The molecule has 3 unspecified atom stereocenters. The van der Waals surface area contributed by atoms with Crippen LogP contribution in [0.1, 0.15) is 82.0 Å². The fourth-order valence-electron chi connectivity index (χ4n) is 4.51. The molecule has 1 aliphatic rings. The zero-order valence-electron chi connectivity index (χ0n) is 18.7.